The molecule has 1 aliphatic heterocycles. The van der Waals surface area contributed by atoms with Crippen LogP contribution in [-0.2, 0) is 4.79 Å². The fraction of sp³-hybridized carbons (Fsp3) is 0.467. The molecule has 1 aliphatic rings. The number of carbonyl (C=O) groups excluding carboxylic acids is 1. The Kier molecular flexibility index (Phi) is 4.59. The van der Waals surface area contributed by atoms with Gasteiger partial charge in [0.1, 0.15) is 11.8 Å². The van der Waals surface area contributed by atoms with Crippen molar-refractivity contribution in [3.05, 3.63) is 24.3 Å². The number of carbonyl (C=O) groups is 1. The molecule has 0 aromatic heterocycles. The molecule has 0 aliphatic carbocycles. The number of ether oxygens (including phenoxy) is 1. The van der Waals surface area contributed by atoms with Crippen molar-refractivity contribution in [2.75, 3.05) is 25.0 Å². The quantitative estimate of drug-likeness (QED) is 0.859. The largest absolute Gasteiger partial charge is 0.479 e. The summed E-state index contributed by atoms with van der Waals surface area (Å²) in [7, 11) is 0. The zero-order valence-corrected chi connectivity index (χ0v) is 11.6. The van der Waals surface area contributed by atoms with Crippen molar-refractivity contribution < 1.29 is 9.53 Å². The zero-order valence-electron chi connectivity index (χ0n) is 11.6. The predicted octanol–water partition coefficient (Wildman–Crippen LogP) is 1.92. The molecule has 0 saturated carbocycles. The smallest absolute Gasteiger partial charge is 0.231 e. The predicted molar refractivity (Wildman–Crippen MR) is 76.4 cm³/mol. The summed E-state index contributed by atoms with van der Waals surface area (Å²) in [5, 5.41) is 14.7. The molecule has 1 aromatic rings. The minimum absolute atomic E-state index is 0.000216. The van der Waals surface area contributed by atoms with Crippen LogP contribution in [0.5, 0.6) is 5.75 Å². The molecule has 1 unspecified atom stereocenters. The van der Waals surface area contributed by atoms with Gasteiger partial charge in [0.15, 0.2) is 6.61 Å². The molecule has 1 fully saturated rings. The van der Waals surface area contributed by atoms with E-state index >= 15 is 0 Å². The molecule has 5 nitrogen and oxygen atoms in total. The highest BCUT2D eigenvalue weighted by Gasteiger charge is 2.39. The van der Waals surface area contributed by atoms with Crippen molar-refractivity contribution in [1.82, 2.24) is 5.32 Å². The number of hydrogen-bond donors (Lipinski definition) is 2. The minimum atomic E-state index is -0.316. The zero-order chi connectivity index (χ0) is 14.4. The van der Waals surface area contributed by atoms with Crippen LogP contribution in [0.1, 0.15) is 19.8 Å². The second-order valence-corrected chi connectivity index (χ2v) is 4.99. The molecule has 106 valence electrons. The van der Waals surface area contributed by atoms with Gasteiger partial charge < -0.3 is 15.4 Å². The average Bonchev–Trinajstić information content (AvgIpc) is 2.95. The number of rotatable bonds is 5. The Morgan fingerprint density at radius 1 is 1.60 bits per heavy atom. The normalized spacial score (nSPS) is 21.2. The van der Waals surface area contributed by atoms with Crippen molar-refractivity contribution in [3.63, 3.8) is 0 Å². The highest BCUT2D eigenvalue weighted by Crippen LogP contribution is 2.31. The summed E-state index contributed by atoms with van der Waals surface area (Å²) in [6.45, 7) is 3.64. The Balaban J connectivity index is 2.06. The highest BCUT2D eigenvalue weighted by molar-refractivity contribution is 5.95. The average molecular weight is 273 g/mol. The van der Waals surface area contributed by atoms with Gasteiger partial charge in [-0.15, -0.1) is 0 Å². The van der Waals surface area contributed by atoms with Gasteiger partial charge in [-0.25, -0.2) is 0 Å². The molecule has 0 radical (unpaired) electrons. The van der Waals surface area contributed by atoms with Crippen LogP contribution in [0.2, 0.25) is 0 Å². The molecule has 5 heteroatoms. The Labute approximate surface area is 118 Å². The van der Waals surface area contributed by atoms with E-state index in [1.165, 1.54) is 0 Å². The van der Waals surface area contributed by atoms with Gasteiger partial charge in [-0.1, -0.05) is 13.0 Å². The van der Waals surface area contributed by atoms with Gasteiger partial charge in [0.05, 0.1) is 5.41 Å². The van der Waals surface area contributed by atoms with Crippen LogP contribution in [0, 0.1) is 16.7 Å². The first-order valence-electron chi connectivity index (χ1n) is 6.82. The lowest BCUT2D eigenvalue weighted by molar-refractivity contribution is -0.124. The van der Waals surface area contributed by atoms with Crippen molar-refractivity contribution >= 4 is 11.6 Å². The van der Waals surface area contributed by atoms with Crippen molar-refractivity contribution in [2.24, 2.45) is 5.41 Å². The van der Waals surface area contributed by atoms with E-state index in [4.69, 9.17) is 10.00 Å². The van der Waals surface area contributed by atoms with E-state index in [0.717, 1.165) is 25.9 Å². The van der Waals surface area contributed by atoms with Crippen LogP contribution < -0.4 is 15.4 Å². The van der Waals surface area contributed by atoms with Gasteiger partial charge in [-0.3, -0.25) is 4.79 Å². The van der Waals surface area contributed by atoms with Gasteiger partial charge in [0.25, 0.3) is 0 Å². The van der Waals surface area contributed by atoms with Crippen LogP contribution in [0.15, 0.2) is 24.3 Å². The fourth-order valence-corrected chi connectivity index (χ4v) is 2.44. The van der Waals surface area contributed by atoms with Crippen LogP contribution in [0.3, 0.4) is 0 Å². The van der Waals surface area contributed by atoms with Gasteiger partial charge in [-0.2, -0.15) is 5.26 Å². The number of nitriles is 1. The van der Waals surface area contributed by atoms with Crippen molar-refractivity contribution in [3.8, 4) is 11.8 Å². The summed E-state index contributed by atoms with van der Waals surface area (Å²) in [5.41, 5.74) is 0.383. The molecule has 1 amide bonds. The Bertz CT molecular complexity index is 516. The van der Waals surface area contributed by atoms with Crippen LogP contribution in [0.4, 0.5) is 5.69 Å². The lowest BCUT2D eigenvalue weighted by Gasteiger charge is -2.25. The second-order valence-electron chi connectivity index (χ2n) is 4.99. The molecule has 1 heterocycles. The number of hydrogen-bond acceptors (Lipinski definition) is 4. The number of amides is 1. The van der Waals surface area contributed by atoms with E-state index in [2.05, 4.69) is 10.6 Å². The maximum atomic E-state index is 12.4. The summed E-state index contributed by atoms with van der Waals surface area (Å²) >= 11 is 0. The number of benzene rings is 1. The Morgan fingerprint density at radius 3 is 3.10 bits per heavy atom. The van der Waals surface area contributed by atoms with Gasteiger partial charge in [0.2, 0.25) is 5.91 Å². The second kappa shape index (κ2) is 6.40. The van der Waals surface area contributed by atoms with Crippen LogP contribution in [-0.4, -0.2) is 25.6 Å². The van der Waals surface area contributed by atoms with E-state index < -0.39 is 0 Å². The third-order valence-corrected chi connectivity index (χ3v) is 3.80. The molecule has 1 atom stereocenters. The van der Waals surface area contributed by atoms with Gasteiger partial charge >= 0.3 is 0 Å². The molecule has 1 aromatic carbocycles. The Morgan fingerprint density at radius 2 is 2.45 bits per heavy atom. The monoisotopic (exact) mass is 273 g/mol. The number of nitrogens with one attached hydrogen (secondary N) is 2. The lowest BCUT2D eigenvalue weighted by atomic mass is 9.83. The molecule has 2 N–H and O–H groups in total. The topological polar surface area (TPSA) is 74.1 Å². The van der Waals surface area contributed by atoms with Crippen molar-refractivity contribution in [1.29, 1.82) is 5.26 Å². The molecule has 0 spiro atoms. The highest BCUT2D eigenvalue weighted by atomic mass is 16.5. The summed E-state index contributed by atoms with van der Waals surface area (Å²) < 4.78 is 5.23. The molecular formula is C15H19N3O2. The van der Waals surface area contributed by atoms with Crippen LogP contribution >= 0.6 is 0 Å². The first-order chi connectivity index (χ1) is 9.70. The minimum Gasteiger partial charge on any atom is -0.479 e. The first-order valence-corrected chi connectivity index (χ1v) is 6.82. The first kappa shape index (κ1) is 14.4. The lowest BCUT2D eigenvalue weighted by Crippen LogP contribution is -2.37. The fourth-order valence-electron chi connectivity index (χ4n) is 2.44. The summed E-state index contributed by atoms with van der Waals surface area (Å²) in [6, 6.07) is 9.04. The third-order valence-electron chi connectivity index (χ3n) is 3.80. The molecule has 2 rings (SSSR count). The molecule has 1 saturated heterocycles. The standard InChI is InChI=1S/C15H19N3O2/c1-2-15(6-8-17-11-15)14(19)18-12-4-3-5-13(10-12)20-9-7-16/h3-5,10,17H,2,6,8-9,11H2,1H3,(H,18,19). The summed E-state index contributed by atoms with van der Waals surface area (Å²) in [4.78, 5) is 12.4. The van der Waals surface area contributed by atoms with E-state index in [1.807, 2.05) is 19.1 Å². The molecule has 20 heavy (non-hydrogen) atoms. The van der Waals surface area contributed by atoms with E-state index in [1.54, 1.807) is 18.2 Å². The number of nitrogens with zero attached hydrogens (tertiary/aromatic N) is 1. The molecular weight excluding hydrogens is 254 g/mol. The third kappa shape index (κ3) is 3.09. The van der Waals surface area contributed by atoms with Crippen molar-refractivity contribution in [2.45, 2.75) is 19.8 Å². The van der Waals surface area contributed by atoms with Crippen LogP contribution in [0.25, 0.3) is 0 Å². The maximum absolute atomic E-state index is 12.4. The van der Waals surface area contributed by atoms with E-state index in [-0.39, 0.29) is 17.9 Å². The van der Waals surface area contributed by atoms with Gasteiger partial charge in [-0.05, 0) is 31.5 Å². The van der Waals surface area contributed by atoms with Gasteiger partial charge in [0, 0.05) is 18.3 Å². The summed E-state index contributed by atoms with van der Waals surface area (Å²) in [5.74, 6) is 0.627. The van der Waals surface area contributed by atoms with E-state index in [9.17, 15) is 4.79 Å². The Hall–Kier alpha value is -2.06. The number of anilines is 1. The SMILES string of the molecule is CCC1(C(=O)Nc2cccc(OCC#N)c2)CCNC1. The van der Waals surface area contributed by atoms with E-state index in [0.29, 0.717) is 11.4 Å². The molecule has 0 bridgehead atoms. The summed E-state index contributed by atoms with van der Waals surface area (Å²) in [6.07, 6.45) is 1.68. The maximum Gasteiger partial charge on any atom is 0.231 e.